The molecule has 0 fully saturated rings. The van der Waals surface area contributed by atoms with E-state index in [4.69, 9.17) is 0 Å². The largest absolute Gasteiger partial charge is 0.390 e. The summed E-state index contributed by atoms with van der Waals surface area (Å²) in [6, 6.07) is 0. The molecule has 0 bridgehead atoms. The average Bonchev–Trinajstić information content (AvgIpc) is 2.10. The van der Waals surface area contributed by atoms with Crippen LogP contribution in [0.4, 0.5) is 0 Å². The second kappa shape index (κ2) is 6.15. The van der Waals surface area contributed by atoms with Crippen molar-refractivity contribution in [1.82, 2.24) is 0 Å². The number of rotatable bonds is 6. The smallest absolute Gasteiger partial charge is 0.178 e. The van der Waals surface area contributed by atoms with Crippen LogP contribution in [0.2, 0.25) is 0 Å². The zero-order valence-corrected chi connectivity index (χ0v) is 12.0. The van der Waals surface area contributed by atoms with Crippen molar-refractivity contribution in [3.05, 3.63) is 23.8 Å². The molecule has 0 aliphatic carbocycles. The molecule has 17 heavy (non-hydrogen) atoms. The van der Waals surface area contributed by atoms with Crippen molar-refractivity contribution >= 4 is 5.78 Å². The summed E-state index contributed by atoms with van der Waals surface area (Å²) in [5, 5.41) is 9.68. The Labute approximate surface area is 105 Å². The first-order chi connectivity index (χ1) is 7.52. The normalized spacial score (nSPS) is 12.9. The van der Waals surface area contributed by atoms with E-state index in [0.717, 1.165) is 18.4 Å². The molecule has 0 saturated heterocycles. The Balaban J connectivity index is 4.39. The van der Waals surface area contributed by atoms with E-state index >= 15 is 0 Å². The van der Waals surface area contributed by atoms with E-state index < -0.39 is 5.60 Å². The van der Waals surface area contributed by atoms with Crippen LogP contribution in [0.3, 0.4) is 0 Å². The van der Waals surface area contributed by atoms with Crippen molar-refractivity contribution in [2.45, 2.75) is 60.0 Å². The molecule has 1 N–H and O–H groups in total. The molecule has 0 radical (unpaired) electrons. The highest BCUT2D eigenvalue weighted by Gasteiger charge is 2.20. The highest BCUT2D eigenvalue weighted by atomic mass is 16.3. The molecule has 0 saturated carbocycles. The van der Waals surface area contributed by atoms with Crippen molar-refractivity contribution in [3.8, 4) is 0 Å². The number of allylic oxidation sites excluding steroid dienone is 4. The van der Waals surface area contributed by atoms with Gasteiger partial charge < -0.3 is 5.11 Å². The summed E-state index contributed by atoms with van der Waals surface area (Å²) in [5.74, 6) is 0.0290. The lowest BCUT2D eigenvalue weighted by molar-refractivity contribution is -0.110. The lowest BCUT2D eigenvalue weighted by Crippen LogP contribution is -2.22. The molecule has 2 heteroatoms. The molecule has 0 aromatic carbocycles. The van der Waals surface area contributed by atoms with Gasteiger partial charge in [-0.25, -0.2) is 0 Å². The molecule has 0 rings (SSSR count). The third-order valence-corrected chi connectivity index (χ3v) is 2.51. The van der Waals surface area contributed by atoms with Crippen LogP contribution >= 0.6 is 0 Å². The number of ketones is 1. The van der Waals surface area contributed by atoms with Crippen molar-refractivity contribution in [2.75, 3.05) is 0 Å². The fraction of sp³-hybridized carbons (Fsp3) is 0.667. The van der Waals surface area contributed by atoms with Crippen LogP contribution in [0.15, 0.2) is 23.8 Å². The van der Waals surface area contributed by atoms with Gasteiger partial charge in [-0.15, -0.1) is 0 Å². The quantitative estimate of drug-likeness (QED) is 0.717. The van der Waals surface area contributed by atoms with E-state index in [1.807, 2.05) is 19.9 Å². The summed E-state index contributed by atoms with van der Waals surface area (Å²) in [7, 11) is 0. The maximum absolute atomic E-state index is 11.5. The maximum Gasteiger partial charge on any atom is 0.178 e. The van der Waals surface area contributed by atoms with Crippen LogP contribution in [0.25, 0.3) is 0 Å². The predicted molar refractivity (Wildman–Crippen MR) is 72.9 cm³/mol. The minimum absolute atomic E-state index is 0.0290. The molecule has 0 aliphatic rings. The van der Waals surface area contributed by atoms with E-state index in [2.05, 4.69) is 13.8 Å². The van der Waals surface area contributed by atoms with E-state index in [-0.39, 0.29) is 11.2 Å². The fourth-order valence-corrected chi connectivity index (χ4v) is 1.35. The van der Waals surface area contributed by atoms with Crippen LogP contribution in [-0.2, 0) is 4.79 Å². The van der Waals surface area contributed by atoms with E-state index in [1.54, 1.807) is 26.0 Å². The van der Waals surface area contributed by atoms with Gasteiger partial charge in [-0.1, -0.05) is 25.5 Å². The van der Waals surface area contributed by atoms with Gasteiger partial charge in [-0.3, -0.25) is 4.79 Å². The molecule has 0 spiro atoms. The maximum atomic E-state index is 11.5. The van der Waals surface area contributed by atoms with Gasteiger partial charge in [0.15, 0.2) is 5.78 Å². The lowest BCUT2D eigenvalue weighted by Gasteiger charge is -2.25. The van der Waals surface area contributed by atoms with Crippen LogP contribution in [0.1, 0.15) is 54.4 Å². The predicted octanol–water partition coefficient (Wildman–Crippen LogP) is 3.66. The average molecular weight is 238 g/mol. The number of hydrogen-bond donors (Lipinski definition) is 1. The van der Waals surface area contributed by atoms with Gasteiger partial charge in [0, 0.05) is 0 Å². The molecule has 0 aromatic heterocycles. The molecule has 0 atom stereocenters. The number of carbonyl (C=O) groups excluding carboxylic acids is 1. The lowest BCUT2D eigenvalue weighted by atomic mass is 9.83. The highest BCUT2D eigenvalue weighted by molar-refractivity contribution is 5.99. The van der Waals surface area contributed by atoms with Crippen molar-refractivity contribution in [3.63, 3.8) is 0 Å². The Morgan fingerprint density at radius 3 is 2.06 bits per heavy atom. The Hall–Kier alpha value is -0.890. The van der Waals surface area contributed by atoms with Crippen molar-refractivity contribution in [1.29, 1.82) is 0 Å². The second-order valence-electron chi connectivity index (χ2n) is 6.26. The molecule has 2 nitrogen and oxygen atoms in total. The molecule has 98 valence electrons. The summed E-state index contributed by atoms with van der Waals surface area (Å²) in [5.41, 5.74) is 0.300. The Kier molecular flexibility index (Phi) is 5.83. The van der Waals surface area contributed by atoms with E-state index in [1.165, 1.54) is 0 Å². The fourth-order valence-electron chi connectivity index (χ4n) is 1.35. The van der Waals surface area contributed by atoms with Crippen LogP contribution in [-0.4, -0.2) is 16.5 Å². The molecule has 0 aromatic rings. The SMILES string of the molecule is CC(C)=CC(=O)/C=C/C(C)(C)CCC(C)(C)O. The molecule has 0 heterocycles. The van der Waals surface area contributed by atoms with E-state index in [9.17, 15) is 9.90 Å². The Bertz CT molecular complexity index is 310. The summed E-state index contributed by atoms with van der Waals surface area (Å²) in [4.78, 5) is 11.5. The third-order valence-electron chi connectivity index (χ3n) is 2.51. The first-order valence-corrected chi connectivity index (χ1v) is 6.12. The minimum atomic E-state index is -0.644. The first-order valence-electron chi connectivity index (χ1n) is 6.12. The topological polar surface area (TPSA) is 37.3 Å². The summed E-state index contributed by atoms with van der Waals surface area (Å²) >= 11 is 0. The Morgan fingerprint density at radius 2 is 1.65 bits per heavy atom. The van der Waals surface area contributed by atoms with Gasteiger partial charge in [-0.05, 0) is 58.1 Å². The van der Waals surface area contributed by atoms with Crippen molar-refractivity contribution in [2.24, 2.45) is 5.41 Å². The van der Waals surface area contributed by atoms with Gasteiger partial charge in [-0.2, -0.15) is 0 Å². The number of carbonyl (C=O) groups is 1. The van der Waals surface area contributed by atoms with Crippen LogP contribution < -0.4 is 0 Å². The number of aliphatic hydroxyl groups is 1. The van der Waals surface area contributed by atoms with Gasteiger partial charge in [0.1, 0.15) is 0 Å². The first kappa shape index (κ1) is 16.1. The zero-order chi connectivity index (χ0) is 13.7. The van der Waals surface area contributed by atoms with Crippen LogP contribution in [0.5, 0.6) is 0 Å². The summed E-state index contributed by atoms with van der Waals surface area (Å²) in [6.07, 6.45) is 6.76. The van der Waals surface area contributed by atoms with Gasteiger partial charge in [0.2, 0.25) is 0 Å². The van der Waals surface area contributed by atoms with Crippen LogP contribution in [0, 0.1) is 5.41 Å². The van der Waals surface area contributed by atoms with E-state index in [0.29, 0.717) is 0 Å². The molecule has 0 amide bonds. The zero-order valence-electron chi connectivity index (χ0n) is 12.0. The Morgan fingerprint density at radius 1 is 1.12 bits per heavy atom. The molecular weight excluding hydrogens is 212 g/mol. The molecule has 0 unspecified atom stereocenters. The summed E-state index contributed by atoms with van der Waals surface area (Å²) < 4.78 is 0. The van der Waals surface area contributed by atoms with Gasteiger partial charge in [0.05, 0.1) is 5.60 Å². The highest BCUT2D eigenvalue weighted by Crippen LogP contribution is 2.27. The second-order valence-corrected chi connectivity index (χ2v) is 6.26. The summed E-state index contributed by atoms with van der Waals surface area (Å²) in [6.45, 7) is 11.6. The third kappa shape index (κ3) is 10.0. The minimum Gasteiger partial charge on any atom is -0.390 e. The molecule has 0 aliphatic heterocycles. The van der Waals surface area contributed by atoms with Gasteiger partial charge in [0.25, 0.3) is 0 Å². The van der Waals surface area contributed by atoms with Gasteiger partial charge >= 0.3 is 0 Å². The molecular formula is C15H26O2. The standard InChI is InChI=1S/C15H26O2/c1-12(2)11-13(16)7-8-14(3,4)9-10-15(5,6)17/h7-8,11,17H,9-10H2,1-6H3/b8-7+. The number of hydrogen-bond acceptors (Lipinski definition) is 2. The van der Waals surface area contributed by atoms with Crippen molar-refractivity contribution < 1.29 is 9.90 Å². The monoisotopic (exact) mass is 238 g/mol.